The minimum atomic E-state index is -0.422. The van der Waals surface area contributed by atoms with Gasteiger partial charge in [0.1, 0.15) is 6.17 Å². The minimum Gasteiger partial charge on any atom is -0.360 e. The van der Waals surface area contributed by atoms with Gasteiger partial charge in [0.2, 0.25) is 0 Å². The molecule has 0 bridgehead atoms. The first kappa shape index (κ1) is 16.0. The van der Waals surface area contributed by atoms with Crippen LogP contribution in [0.15, 0.2) is 72.8 Å². The molecule has 1 N–H and O–H groups in total. The summed E-state index contributed by atoms with van der Waals surface area (Å²) < 4.78 is 0. The van der Waals surface area contributed by atoms with Gasteiger partial charge in [0.05, 0.1) is 5.56 Å². The number of hydrogen-bond donors (Lipinski definition) is 1. The molecule has 3 nitrogen and oxygen atoms in total. The number of fused-ring (bicyclic) bond motifs is 1. The van der Waals surface area contributed by atoms with Crippen molar-refractivity contribution in [1.29, 1.82) is 0 Å². The van der Waals surface area contributed by atoms with Crippen LogP contribution < -0.4 is 10.2 Å². The molecule has 1 unspecified atom stereocenters. The third-order valence-electron chi connectivity index (χ3n) is 4.22. The van der Waals surface area contributed by atoms with Gasteiger partial charge in [-0.15, -0.1) is 0 Å². The lowest BCUT2D eigenvalue weighted by molar-refractivity contribution is 0.0975. The third-order valence-corrected chi connectivity index (χ3v) is 4.78. The van der Waals surface area contributed by atoms with Crippen molar-refractivity contribution in [2.75, 3.05) is 10.2 Å². The Bertz CT molecular complexity index is 943. The molecule has 0 aromatic heterocycles. The molecule has 0 saturated heterocycles. The molecule has 1 aliphatic heterocycles. The van der Waals surface area contributed by atoms with Crippen LogP contribution in [0.5, 0.6) is 0 Å². The number of para-hydroxylation sites is 2. The van der Waals surface area contributed by atoms with E-state index in [4.69, 9.17) is 23.2 Å². The van der Waals surface area contributed by atoms with Gasteiger partial charge in [0.15, 0.2) is 0 Å². The van der Waals surface area contributed by atoms with Crippen LogP contribution in [0.2, 0.25) is 10.0 Å². The molecule has 1 atom stereocenters. The van der Waals surface area contributed by atoms with E-state index in [1.165, 1.54) is 0 Å². The van der Waals surface area contributed by atoms with Crippen molar-refractivity contribution in [3.63, 3.8) is 0 Å². The predicted molar refractivity (Wildman–Crippen MR) is 103 cm³/mol. The van der Waals surface area contributed by atoms with E-state index in [0.717, 1.165) is 16.9 Å². The highest BCUT2D eigenvalue weighted by atomic mass is 35.5. The van der Waals surface area contributed by atoms with Crippen LogP contribution in [0, 0.1) is 0 Å². The largest absolute Gasteiger partial charge is 0.360 e. The molecule has 25 heavy (non-hydrogen) atoms. The Kier molecular flexibility index (Phi) is 4.12. The monoisotopic (exact) mass is 368 g/mol. The van der Waals surface area contributed by atoms with E-state index in [9.17, 15) is 4.79 Å². The molecule has 1 aliphatic rings. The second-order valence-corrected chi connectivity index (χ2v) is 6.61. The summed E-state index contributed by atoms with van der Waals surface area (Å²) in [6.45, 7) is 0. The Labute approximate surface area is 155 Å². The number of amides is 1. The first-order chi connectivity index (χ1) is 12.1. The molecule has 4 rings (SSSR count). The van der Waals surface area contributed by atoms with Crippen LogP contribution in [0.25, 0.3) is 0 Å². The van der Waals surface area contributed by atoms with E-state index in [-0.39, 0.29) is 5.91 Å². The number of carbonyl (C=O) groups excluding carboxylic acids is 1. The zero-order valence-corrected chi connectivity index (χ0v) is 14.6. The molecule has 0 fully saturated rings. The van der Waals surface area contributed by atoms with Crippen molar-refractivity contribution >= 4 is 40.5 Å². The summed E-state index contributed by atoms with van der Waals surface area (Å²) in [4.78, 5) is 14.9. The van der Waals surface area contributed by atoms with Crippen LogP contribution in [0.3, 0.4) is 0 Å². The number of rotatable bonds is 2. The summed E-state index contributed by atoms with van der Waals surface area (Å²) in [7, 11) is 0. The number of halogens is 2. The van der Waals surface area contributed by atoms with Crippen molar-refractivity contribution in [1.82, 2.24) is 0 Å². The van der Waals surface area contributed by atoms with Gasteiger partial charge < -0.3 is 5.32 Å². The summed E-state index contributed by atoms with van der Waals surface area (Å²) >= 11 is 12.5. The Morgan fingerprint density at radius 2 is 1.60 bits per heavy atom. The molecule has 1 amide bonds. The fourth-order valence-electron chi connectivity index (χ4n) is 3.05. The molecule has 124 valence electrons. The van der Waals surface area contributed by atoms with Crippen molar-refractivity contribution in [2.24, 2.45) is 0 Å². The smallest absolute Gasteiger partial charge is 0.262 e. The zero-order valence-electron chi connectivity index (χ0n) is 13.1. The third kappa shape index (κ3) is 2.86. The second kappa shape index (κ2) is 6.43. The SMILES string of the molecule is O=C1c2ccccc2NC(c2ccc(Cl)cc2Cl)N1c1ccccc1. The summed E-state index contributed by atoms with van der Waals surface area (Å²) in [6.07, 6.45) is -0.422. The molecular weight excluding hydrogens is 355 g/mol. The van der Waals surface area contributed by atoms with Crippen molar-refractivity contribution in [3.8, 4) is 0 Å². The summed E-state index contributed by atoms with van der Waals surface area (Å²) in [6, 6.07) is 22.3. The van der Waals surface area contributed by atoms with E-state index >= 15 is 0 Å². The van der Waals surface area contributed by atoms with Crippen LogP contribution >= 0.6 is 23.2 Å². The lowest BCUT2D eigenvalue weighted by atomic mass is 10.0. The van der Waals surface area contributed by atoms with Crippen molar-refractivity contribution in [3.05, 3.63) is 94.0 Å². The van der Waals surface area contributed by atoms with Gasteiger partial charge in [-0.2, -0.15) is 0 Å². The van der Waals surface area contributed by atoms with E-state index < -0.39 is 6.17 Å². The standard InChI is InChI=1S/C20H14Cl2N2O/c21-13-10-11-15(17(22)12-13)19-23-18-9-5-4-8-16(18)20(25)24(19)14-6-2-1-3-7-14/h1-12,19,23H. The molecule has 0 radical (unpaired) electrons. The number of nitrogens with zero attached hydrogens (tertiary/aromatic N) is 1. The van der Waals surface area contributed by atoms with Gasteiger partial charge in [-0.3, -0.25) is 9.69 Å². The van der Waals surface area contributed by atoms with Crippen molar-refractivity contribution in [2.45, 2.75) is 6.17 Å². The van der Waals surface area contributed by atoms with Gasteiger partial charge >= 0.3 is 0 Å². The topological polar surface area (TPSA) is 32.3 Å². The first-order valence-corrected chi connectivity index (χ1v) is 8.60. The van der Waals surface area contributed by atoms with Gasteiger partial charge in [-0.25, -0.2) is 0 Å². The van der Waals surface area contributed by atoms with E-state index in [1.54, 1.807) is 17.0 Å². The molecule has 0 aliphatic carbocycles. The van der Waals surface area contributed by atoms with E-state index in [1.807, 2.05) is 60.7 Å². The summed E-state index contributed by atoms with van der Waals surface area (Å²) in [5.74, 6) is -0.0726. The number of hydrogen-bond acceptors (Lipinski definition) is 2. The Morgan fingerprint density at radius 3 is 2.36 bits per heavy atom. The number of carbonyl (C=O) groups is 1. The van der Waals surface area contributed by atoms with Crippen LogP contribution in [-0.2, 0) is 0 Å². The Hall–Kier alpha value is -2.49. The average Bonchev–Trinajstić information content (AvgIpc) is 2.62. The highest BCUT2D eigenvalue weighted by Crippen LogP contribution is 2.39. The van der Waals surface area contributed by atoms with Gasteiger partial charge in [-0.05, 0) is 36.4 Å². The normalized spacial score (nSPS) is 16.3. The van der Waals surface area contributed by atoms with Gasteiger partial charge in [0.25, 0.3) is 5.91 Å². The average molecular weight is 369 g/mol. The highest BCUT2D eigenvalue weighted by Gasteiger charge is 2.34. The second-order valence-electron chi connectivity index (χ2n) is 5.77. The van der Waals surface area contributed by atoms with Gasteiger partial charge in [-0.1, -0.05) is 59.6 Å². The first-order valence-electron chi connectivity index (χ1n) is 7.84. The molecule has 0 spiro atoms. The lowest BCUT2D eigenvalue weighted by Gasteiger charge is -2.38. The van der Waals surface area contributed by atoms with Gasteiger partial charge in [0, 0.05) is 27.0 Å². The fraction of sp³-hybridized carbons (Fsp3) is 0.0500. The van der Waals surface area contributed by atoms with Crippen LogP contribution in [0.4, 0.5) is 11.4 Å². The van der Waals surface area contributed by atoms with E-state index in [0.29, 0.717) is 15.6 Å². The predicted octanol–water partition coefficient (Wildman–Crippen LogP) is 5.76. The van der Waals surface area contributed by atoms with Crippen LogP contribution in [-0.4, -0.2) is 5.91 Å². The maximum atomic E-state index is 13.2. The maximum Gasteiger partial charge on any atom is 0.262 e. The molecule has 3 aromatic rings. The fourth-order valence-corrected chi connectivity index (χ4v) is 3.56. The summed E-state index contributed by atoms with van der Waals surface area (Å²) in [5, 5.41) is 4.50. The van der Waals surface area contributed by atoms with Crippen LogP contribution in [0.1, 0.15) is 22.1 Å². The molecule has 5 heteroatoms. The zero-order chi connectivity index (χ0) is 17.4. The number of nitrogens with one attached hydrogen (secondary N) is 1. The van der Waals surface area contributed by atoms with Crippen molar-refractivity contribution < 1.29 is 4.79 Å². The van der Waals surface area contributed by atoms with E-state index in [2.05, 4.69) is 5.32 Å². The molecule has 3 aromatic carbocycles. The maximum absolute atomic E-state index is 13.2. The Morgan fingerprint density at radius 1 is 0.880 bits per heavy atom. The number of anilines is 2. The molecular formula is C20H14Cl2N2O. The quantitative estimate of drug-likeness (QED) is 0.623. The highest BCUT2D eigenvalue weighted by molar-refractivity contribution is 6.35. The Balaban J connectivity index is 1.89. The minimum absolute atomic E-state index is 0.0726. The lowest BCUT2D eigenvalue weighted by Crippen LogP contribution is -2.43. The number of benzene rings is 3. The molecule has 1 heterocycles. The molecule has 0 saturated carbocycles. The summed E-state index contributed by atoms with van der Waals surface area (Å²) in [5.41, 5.74) is 3.01.